The van der Waals surface area contributed by atoms with E-state index in [9.17, 15) is 14.4 Å². The Bertz CT molecular complexity index is 989. The molecule has 2 aromatic rings. The second kappa shape index (κ2) is 7.98. The number of carbonyl (C=O) groups is 2. The van der Waals surface area contributed by atoms with E-state index in [2.05, 4.69) is 17.0 Å². The van der Waals surface area contributed by atoms with Gasteiger partial charge in [0, 0.05) is 17.3 Å². The maximum atomic E-state index is 12.8. The quantitative estimate of drug-likeness (QED) is 0.774. The second-order valence-corrected chi connectivity index (χ2v) is 7.36. The number of carbonyl (C=O) groups excluding carboxylic acids is 2. The van der Waals surface area contributed by atoms with E-state index >= 15 is 0 Å². The number of hydrogen-bond acceptors (Lipinski definition) is 5. The summed E-state index contributed by atoms with van der Waals surface area (Å²) < 4.78 is 1.04. The number of hydrogen-bond donors (Lipinski definition) is 1. The average molecular weight is 405 g/mol. The van der Waals surface area contributed by atoms with Gasteiger partial charge in [0.05, 0.1) is 16.8 Å². The maximum absolute atomic E-state index is 12.8. The standard InChI is InChI=1S/C18H17ClN4O3S/c1-3-6-22-16(25)10-27-14-8-20-23(18(26)17(14)22)9-15(24)21-13-7-12(19)5-4-11(13)2/h3-5,7-8H,1,6,9-10H2,2H3,(H,21,24). The monoisotopic (exact) mass is 404 g/mol. The van der Waals surface area contributed by atoms with E-state index in [0.29, 0.717) is 15.6 Å². The highest BCUT2D eigenvalue weighted by Gasteiger charge is 2.28. The molecule has 0 unspecified atom stereocenters. The Morgan fingerprint density at radius 1 is 1.44 bits per heavy atom. The summed E-state index contributed by atoms with van der Waals surface area (Å²) in [4.78, 5) is 39.3. The molecule has 0 aliphatic carbocycles. The smallest absolute Gasteiger partial charge is 0.292 e. The molecule has 1 aliphatic rings. The second-order valence-electron chi connectivity index (χ2n) is 5.91. The van der Waals surface area contributed by atoms with E-state index in [-0.39, 0.29) is 30.4 Å². The summed E-state index contributed by atoms with van der Waals surface area (Å²) in [7, 11) is 0. The van der Waals surface area contributed by atoms with Crippen LogP contribution in [-0.4, -0.2) is 33.9 Å². The third-order valence-electron chi connectivity index (χ3n) is 3.99. The molecule has 0 saturated carbocycles. The molecule has 0 radical (unpaired) electrons. The fraction of sp³-hybridized carbons (Fsp3) is 0.222. The number of halogens is 1. The molecule has 9 heteroatoms. The number of nitrogens with one attached hydrogen (secondary N) is 1. The molecule has 2 amide bonds. The molecule has 3 rings (SSSR count). The summed E-state index contributed by atoms with van der Waals surface area (Å²) in [6, 6.07) is 5.15. The van der Waals surface area contributed by atoms with Gasteiger partial charge in [-0.05, 0) is 24.6 Å². The summed E-state index contributed by atoms with van der Waals surface area (Å²) in [6.45, 7) is 5.41. The first-order chi connectivity index (χ1) is 12.9. The third kappa shape index (κ3) is 4.06. The van der Waals surface area contributed by atoms with E-state index in [1.165, 1.54) is 22.9 Å². The first-order valence-corrected chi connectivity index (χ1v) is 9.47. The number of nitrogens with zero attached hydrogens (tertiary/aromatic N) is 3. The molecule has 1 aromatic carbocycles. The Morgan fingerprint density at radius 2 is 2.22 bits per heavy atom. The Hall–Kier alpha value is -2.58. The number of anilines is 2. The Morgan fingerprint density at radius 3 is 2.96 bits per heavy atom. The lowest BCUT2D eigenvalue weighted by Gasteiger charge is -2.27. The maximum Gasteiger partial charge on any atom is 0.292 e. The molecule has 2 heterocycles. The molecular formula is C18H17ClN4O3S. The first kappa shape index (κ1) is 19.2. The third-order valence-corrected chi connectivity index (χ3v) is 5.22. The highest BCUT2D eigenvalue weighted by Crippen LogP contribution is 2.31. The minimum absolute atomic E-state index is 0.179. The van der Waals surface area contributed by atoms with Crippen LogP contribution in [0.2, 0.25) is 5.02 Å². The predicted octanol–water partition coefficient (Wildman–Crippen LogP) is 2.47. The fourth-order valence-corrected chi connectivity index (χ4v) is 3.71. The molecule has 1 aromatic heterocycles. The van der Waals surface area contributed by atoms with Gasteiger partial charge in [-0.1, -0.05) is 23.7 Å². The molecule has 1 aliphatic heterocycles. The van der Waals surface area contributed by atoms with Crippen LogP contribution in [0.5, 0.6) is 0 Å². The van der Waals surface area contributed by atoms with E-state index in [4.69, 9.17) is 11.6 Å². The van der Waals surface area contributed by atoms with Crippen LogP contribution >= 0.6 is 23.4 Å². The molecule has 0 saturated heterocycles. The van der Waals surface area contributed by atoms with E-state index in [1.54, 1.807) is 24.3 Å². The number of aryl methyl sites for hydroxylation is 1. The average Bonchev–Trinajstić information content (AvgIpc) is 2.63. The van der Waals surface area contributed by atoms with Crippen LogP contribution in [0.3, 0.4) is 0 Å². The van der Waals surface area contributed by atoms with Gasteiger partial charge in [-0.2, -0.15) is 5.10 Å². The number of aromatic nitrogens is 2. The van der Waals surface area contributed by atoms with Crippen LogP contribution in [0, 0.1) is 6.92 Å². The van der Waals surface area contributed by atoms with Crippen LogP contribution in [0.15, 0.2) is 46.7 Å². The van der Waals surface area contributed by atoms with Crippen molar-refractivity contribution in [1.29, 1.82) is 0 Å². The van der Waals surface area contributed by atoms with E-state index in [1.807, 2.05) is 6.92 Å². The molecule has 0 atom stereocenters. The van der Waals surface area contributed by atoms with Gasteiger partial charge in [0.2, 0.25) is 11.8 Å². The van der Waals surface area contributed by atoms with Crippen molar-refractivity contribution < 1.29 is 9.59 Å². The van der Waals surface area contributed by atoms with Crippen molar-refractivity contribution in [1.82, 2.24) is 9.78 Å². The van der Waals surface area contributed by atoms with Crippen molar-refractivity contribution in [2.75, 3.05) is 22.5 Å². The van der Waals surface area contributed by atoms with E-state index < -0.39 is 11.5 Å². The molecule has 0 fully saturated rings. The normalized spacial score (nSPS) is 13.3. The number of benzene rings is 1. The number of rotatable bonds is 5. The molecule has 7 nitrogen and oxygen atoms in total. The van der Waals surface area contributed by atoms with Gasteiger partial charge < -0.3 is 10.2 Å². The summed E-state index contributed by atoms with van der Waals surface area (Å²) in [5, 5.41) is 7.29. The van der Waals surface area contributed by atoms with Gasteiger partial charge in [-0.25, -0.2) is 4.68 Å². The first-order valence-electron chi connectivity index (χ1n) is 8.11. The highest BCUT2D eigenvalue weighted by atomic mass is 35.5. The summed E-state index contributed by atoms with van der Waals surface area (Å²) in [5.74, 6) is -0.359. The summed E-state index contributed by atoms with van der Waals surface area (Å²) >= 11 is 7.22. The van der Waals surface area contributed by atoms with Crippen LogP contribution in [0.25, 0.3) is 0 Å². The van der Waals surface area contributed by atoms with Gasteiger partial charge in [0.1, 0.15) is 12.2 Å². The Labute approximate surface area is 165 Å². The van der Waals surface area contributed by atoms with Gasteiger partial charge in [0.15, 0.2) is 0 Å². The van der Waals surface area contributed by atoms with Crippen molar-refractivity contribution in [3.05, 3.63) is 58.0 Å². The lowest BCUT2D eigenvalue weighted by Crippen LogP contribution is -2.42. The Kier molecular flexibility index (Phi) is 5.67. The molecule has 0 spiro atoms. The lowest BCUT2D eigenvalue weighted by molar-refractivity contribution is -0.117. The molecule has 1 N–H and O–H groups in total. The van der Waals surface area contributed by atoms with Crippen molar-refractivity contribution >= 4 is 46.6 Å². The lowest BCUT2D eigenvalue weighted by atomic mass is 10.2. The fourth-order valence-electron chi connectivity index (χ4n) is 2.65. The minimum atomic E-state index is -0.493. The number of thioether (sulfide) groups is 1. The number of fused-ring (bicyclic) bond motifs is 1. The highest BCUT2D eigenvalue weighted by molar-refractivity contribution is 8.00. The van der Waals surface area contributed by atoms with Crippen LogP contribution < -0.4 is 15.8 Å². The van der Waals surface area contributed by atoms with Crippen molar-refractivity contribution in [3.63, 3.8) is 0 Å². The van der Waals surface area contributed by atoms with Gasteiger partial charge in [0.25, 0.3) is 5.56 Å². The van der Waals surface area contributed by atoms with Crippen molar-refractivity contribution in [2.45, 2.75) is 18.4 Å². The Balaban J connectivity index is 1.87. The summed E-state index contributed by atoms with van der Waals surface area (Å²) in [6.07, 6.45) is 3.05. The van der Waals surface area contributed by atoms with Crippen molar-refractivity contribution in [3.8, 4) is 0 Å². The molecule has 140 valence electrons. The molecular weight excluding hydrogens is 388 g/mol. The zero-order chi connectivity index (χ0) is 19.6. The minimum Gasteiger partial charge on any atom is -0.324 e. The number of amides is 2. The molecule has 27 heavy (non-hydrogen) atoms. The predicted molar refractivity (Wildman–Crippen MR) is 107 cm³/mol. The van der Waals surface area contributed by atoms with Crippen molar-refractivity contribution in [2.24, 2.45) is 0 Å². The van der Waals surface area contributed by atoms with Gasteiger partial charge >= 0.3 is 0 Å². The topological polar surface area (TPSA) is 84.3 Å². The van der Waals surface area contributed by atoms with Gasteiger partial charge in [-0.15, -0.1) is 18.3 Å². The summed E-state index contributed by atoms with van der Waals surface area (Å²) in [5.41, 5.74) is 1.15. The zero-order valence-corrected chi connectivity index (χ0v) is 16.1. The van der Waals surface area contributed by atoms with Crippen LogP contribution in [0.4, 0.5) is 11.4 Å². The molecule has 0 bridgehead atoms. The largest absolute Gasteiger partial charge is 0.324 e. The van der Waals surface area contributed by atoms with E-state index in [0.717, 1.165) is 10.2 Å². The van der Waals surface area contributed by atoms with Gasteiger partial charge in [-0.3, -0.25) is 14.4 Å². The van der Waals surface area contributed by atoms with Crippen LogP contribution in [-0.2, 0) is 16.1 Å². The van der Waals surface area contributed by atoms with Crippen LogP contribution in [0.1, 0.15) is 5.56 Å². The SMILES string of the molecule is C=CCN1C(=O)CSc2cnn(CC(=O)Nc3cc(Cl)ccc3C)c(=O)c21. The zero-order valence-electron chi connectivity index (χ0n) is 14.6.